The molecule has 0 fully saturated rings. The van der Waals surface area contributed by atoms with E-state index in [1.807, 2.05) is 13.8 Å². The molecule has 1 aromatic rings. The summed E-state index contributed by atoms with van der Waals surface area (Å²) in [5, 5.41) is 0. The third-order valence-corrected chi connectivity index (χ3v) is 2.87. The van der Waals surface area contributed by atoms with Crippen LogP contribution >= 0.6 is 0 Å². The second-order valence-corrected chi connectivity index (χ2v) is 4.29. The molecule has 1 unspecified atom stereocenters. The van der Waals surface area contributed by atoms with Gasteiger partial charge in [0.15, 0.2) is 11.6 Å². The van der Waals surface area contributed by atoms with E-state index in [-0.39, 0.29) is 17.6 Å². The van der Waals surface area contributed by atoms with Crippen molar-refractivity contribution >= 4 is 0 Å². The summed E-state index contributed by atoms with van der Waals surface area (Å²) < 4.78 is 24.4. The van der Waals surface area contributed by atoms with Crippen molar-refractivity contribution in [1.29, 1.82) is 0 Å². The molecule has 2 N–H and O–H groups in total. The first-order valence-electron chi connectivity index (χ1n) is 5.59. The van der Waals surface area contributed by atoms with Crippen LogP contribution in [0.5, 0.6) is 11.5 Å². The molecule has 96 valence electrons. The van der Waals surface area contributed by atoms with Crippen LogP contribution in [0.1, 0.15) is 23.6 Å². The highest BCUT2D eigenvalue weighted by Gasteiger charge is 2.21. The average Bonchev–Trinajstić information content (AvgIpc) is 2.27. The van der Waals surface area contributed by atoms with Gasteiger partial charge in [0.05, 0.1) is 14.2 Å². The lowest BCUT2D eigenvalue weighted by Crippen LogP contribution is -2.19. The second kappa shape index (κ2) is 5.36. The van der Waals surface area contributed by atoms with Gasteiger partial charge in [0.1, 0.15) is 5.75 Å². The lowest BCUT2D eigenvalue weighted by Gasteiger charge is -2.19. The Morgan fingerprint density at radius 2 is 1.65 bits per heavy atom. The van der Waals surface area contributed by atoms with Gasteiger partial charge in [-0.05, 0) is 27.2 Å². The summed E-state index contributed by atoms with van der Waals surface area (Å²) >= 11 is 0. The number of rotatable bonds is 4. The summed E-state index contributed by atoms with van der Waals surface area (Å²) in [6, 6.07) is -0.0165. The van der Waals surface area contributed by atoms with E-state index >= 15 is 0 Å². The van der Waals surface area contributed by atoms with Crippen LogP contribution in [-0.4, -0.2) is 20.3 Å². The van der Waals surface area contributed by atoms with Crippen LogP contribution < -0.4 is 15.2 Å². The molecule has 0 aliphatic carbocycles. The number of ether oxygens (including phenoxy) is 2. The van der Waals surface area contributed by atoms with E-state index < -0.39 is 0 Å². The Balaban J connectivity index is 3.49. The Kier molecular flexibility index (Phi) is 4.34. The molecule has 1 rings (SSSR count). The quantitative estimate of drug-likeness (QED) is 0.880. The normalized spacial score (nSPS) is 12.4. The third-order valence-electron chi connectivity index (χ3n) is 2.87. The minimum absolute atomic E-state index is 0.0165. The fraction of sp³-hybridized carbons (Fsp3) is 0.538. The minimum Gasteiger partial charge on any atom is -0.496 e. The Bertz CT molecular complexity index is 417. The molecule has 0 aromatic heterocycles. The Labute approximate surface area is 102 Å². The van der Waals surface area contributed by atoms with Crippen molar-refractivity contribution in [3.05, 3.63) is 22.5 Å². The molecule has 4 heteroatoms. The van der Waals surface area contributed by atoms with Crippen molar-refractivity contribution in [1.82, 2.24) is 0 Å². The third kappa shape index (κ3) is 2.52. The van der Waals surface area contributed by atoms with Crippen molar-refractivity contribution in [3.8, 4) is 11.5 Å². The molecule has 17 heavy (non-hydrogen) atoms. The number of methoxy groups -OCH3 is 2. The van der Waals surface area contributed by atoms with E-state index in [4.69, 9.17) is 15.2 Å². The standard InChI is InChI=1S/C13H20FNO2/c1-7(15)6-10-8(2)13(17-5)11(14)9(3)12(10)16-4/h7H,6,15H2,1-5H3. The molecule has 1 atom stereocenters. The zero-order valence-corrected chi connectivity index (χ0v) is 11.1. The van der Waals surface area contributed by atoms with Gasteiger partial charge in [-0.25, -0.2) is 4.39 Å². The number of nitrogens with two attached hydrogens (primary N) is 1. The first-order chi connectivity index (χ1) is 7.93. The molecule has 3 nitrogen and oxygen atoms in total. The Hall–Kier alpha value is -1.29. The zero-order valence-electron chi connectivity index (χ0n) is 11.1. The van der Waals surface area contributed by atoms with Crippen LogP contribution in [-0.2, 0) is 6.42 Å². The van der Waals surface area contributed by atoms with Crippen molar-refractivity contribution in [2.75, 3.05) is 14.2 Å². The van der Waals surface area contributed by atoms with Gasteiger partial charge in [-0.15, -0.1) is 0 Å². The van der Waals surface area contributed by atoms with Gasteiger partial charge in [0, 0.05) is 22.7 Å². The lowest BCUT2D eigenvalue weighted by molar-refractivity contribution is 0.366. The fourth-order valence-electron chi connectivity index (χ4n) is 2.06. The molecule has 0 radical (unpaired) electrons. The molecule has 0 amide bonds. The van der Waals surface area contributed by atoms with Crippen LogP contribution in [0, 0.1) is 19.7 Å². The highest BCUT2D eigenvalue weighted by molar-refractivity contribution is 5.54. The minimum atomic E-state index is -0.365. The van der Waals surface area contributed by atoms with Crippen LogP contribution in [0.2, 0.25) is 0 Å². The van der Waals surface area contributed by atoms with Crippen LogP contribution in [0.4, 0.5) is 4.39 Å². The lowest BCUT2D eigenvalue weighted by atomic mass is 9.96. The molecule has 0 aliphatic rings. The second-order valence-electron chi connectivity index (χ2n) is 4.29. The SMILES string of the molecule is COc1c(C)c(CC(C)N)c(OC)c(C)c1F. The van der Waals surface area contributed by atoms with Gasteiger partial charge in [0.25, 0.3) is 0 Å². The first-order valence-corrected chi connectivity index (χ1v) is 5.59. The molecule has 0 saturated heterocycles. The molecule has 0 spiro atoms. The maximum absolute atomic E-state index is 14.0. The monoisotopic (exact) mass is 241 g/mol. The van der Waals surface area contributed by atoms with Crippen molar-refractivity contribution < 1.29 is 13.9 Å². The topological polar surface area (TPSA) is 44.5 Å². The van der Waals surface area contributed by atoms with Gasteiger partial charge in [-0.3, -0.25) is 0 Å². The summed E-state index contributed by atoms with van der Waals surface area (Å²) in [7, 11) is 3.01. The summed E-state index contributed by atoms with van der Waals surface area (Å²) in [6.45, 7) is 5.41. The van der Waals surface area contributed by atoms with Crippen LogP contribution in [0.25, 0.3) is 0 Å². The van der Waals surface area contributed by atoms with Gasteiger partial charge in [-0.1, -0.05) is 0 Å². The average molecular weight is 241 g/mol. The Morgan fingerprint density at radius 3 is 2.06 bits per heavy atom. The molecule has 0 aliphatic heterocycles. The summed E-state index contributed by atoms with van der Waals surface area (Å²) in [6.07, 6.45) is 0.631. The highest BCUT2D eigenvalue weighted by Crippen LogP contribution is 2.37. The number of benzene rings is 1. The van der Waals surface area contributed by atoms with E-state index in [1.165, 1.54) is 7.11 Å². The first kappa shape index (κ1) is 13.8. The molecule has 1 aromatic carbocycles. The van der Waals surface area contributed by atoms with Gasteiger partial charge in [-0.2, -0.15) is 0 Å². The predicted octanol–water partition coefficient (Wildman–Crippen LogP) is 2.35. The van der Waals surface area contributed by atoms with E-state index in [9.17, 15) is 4.39 Å². The zero-order chi connectivity index (χ0) is 13.2. The summed E-state index contributed by atoms with van der Waals surface area (Å²) in [4.78, 5) is 0. The van der Waals surface area contributed by atoms with E-state index in [0.29, 0.717) is 17.7 Å². The van der Waals surface area contributed by atoms with E-state index in [0.717, 1.165) is 11.1 Å². The molecular weight excluding hydrogens is 221 g/mol. The maximum atomic E-state index is 14.0. The number of hydrogen-bond donors (Lipinski definition) is 1. The fourth-order valence-corrected chi connectivity index (χ4v) is 2.06. The van der Waals surface area contributed by atoms with Gasteiger partial charge >= 0.3 is 0 Å². The summed E-state index contributed by atoms with van der Waals surface area (Å²) in [5.41, 5.74) is 7.94. The smallest absolute Gasteiger partial charge is 0.171 e. The summed E-state index contributed by atoms with van der Waals surface area (Å²) in [5.74, 6) is 0.479. The van der Waals surface area contributed by atoms with E-state index in [2.05, 4.69) is 0 Å². The highest BCUT2D eigenvalue weighted by atomic mass is 19.1. The molecular formula is C13H20FNO2. The molecule has 0 saturated carbocycles. The van der Waals surface area contributed by atoms with Crippen molar-refractivity contribution in [3.63, 3.8) is 0 Å². The largest absolute Gasteiger partial charge is 0.496 e. The number of halogens is 1. The van der Waals surface area contributed by atoms with Gasteiger partial charge in [0.2, 0.25) is 0 Å². The number of hydrogen-bond acceptors (Lipinski definition) is 3. The van der Waals surface area contributed by atoms with Crippen LogP contribution in [0.15, 0.2) is 0 Å². The van der Waals surface area contributed by atoms with E-state index in [1.54, 1.807) is 14.0 Å². The van der Waals surface area contributed by atoms with Crippen molar-refractivity contribution in [2.24, 2.45) is 5.73 Å². The Morgan fingerprint density at radius 1 is 1.12 bits per heavy atom. The predicted molar refractivity (Wildman–Crippen MR) is 66.3 cm³/mol. The molecule has 0 heterocycles. The van der Waals surface area contributed by atoms with Gasteiger partial charge < -0.3 is 15.2 Å². The molecule has 0 bridgehead atoms. The van der Waals surface area contributed by atoms with Crippen molar-refractivity contribution in [2.45, 2.75) is 33.2 Å². The maximum Gasteiger partial charge on any atom is 0.171 e. The van der Waals surface area contributed by atoms with Crippen LogP contribution in [0.3, 0.4) is 0 Å².